The van der Waals surface area contributed by atoms with Crippen LogP contribution in [0.3, 0.4) is 0 Å². The average molecular weight is 283 g/mol. The first kappa shape index (κ1) is 14.4. The highest BCUT2D eigenvalue weighted by molar-refractivity contribution is 7.88. The fourth-order valence-corrected chi connectivity index (χ4v) is 3.21. The molecule has 2 rings (SSSR count). The van der Waals surface area contributed by atoms with Crippen LogP contribution in [0.2, 0.25) is 0 Å². The van der Waals surface area contributed by atoms with E-state index in [0.717, 1.165) is 32.5 Å². The standard InChI is InChI=1S/C13H21N3O2S/c1-15(19(2,17)18)13-5-9-16(10-6-13)11-12-3-7-14-8-4-12/h3-4,7-8,13H,5-6,9-11H2,1-2H3. The zero-order valence-corrected chi connectivity index (χ0v) is 12.3. The second kappa shape index (κ2) is 5.98. The Balaban J connectivity index is 1.86. The number of rotatable bonds is 4. The molecule has 1 saturated heterocycles. The van der Waals surface area contributed by atoms with E-state index < -0.39 is 10.0 Å². The highest BCUT2D eigenvalue weighted by Crippen LogP contribution is 2.18. The van der Waals surface area contributed by atoms with Gasteiger partial charge in [-0.2, -0.15) is 0 Å². The minimum Gasteiger partial charge on any atom is -0.299 e. The maximum atomic E-state index is 11.5. The molecule has 6 heteroatoms. The molecule has 1 aromatic heterocycles. The van der Waals surface area contributed by atoms with Gasteiger partial charge in [0.2, 0.25) is 10.0 Å². The lowest BCUT2D eigenvalue weighted by Crippen LogP contribution is -2.44. The van der Waals surface area contributed by atoms with Crippen LogP contribution in [0.25, 0.3) is 0 Å². The Kier molecular flexibility index (Phi) is 4.54. The molecule has 2 heterocycles. The van der Waals surface area contributed by atoms with Crippen LogP contribution in [-0.2, 0) is 16.6 Å². The highest BCUT2D eigenvalue weighted by atomic mass is 32.2. The summed E-state index contributed by atoms with van der Waals surface area (Å²) in [5, 5.41) is 0. The molecule has 0 unspecified atom stereocenters. The van der Waals surface area contributed by atoms with Crippen molar-refractivity contribution < 1.29 is 8.42 Å². The lowest BCUT2D eigenvalue weighted by molar-refractivity contribution is 0.164. The Labute approximate surface area is 115 Å². The molecule has 106 valence electrons. The fourth-order valence-electron chi connectivity index (χ4n) is 2.46. The first-order valence-electron chi connectivity index (χ1n) is 6.51. The summed E-state index contributed by atoms with van der Waals surface area (Å²) in [6.45, 7) is 2.79. The monoisotopic (exact) mass is 283 g/mol. The van der Waals surface area contributed by atoms with Gasteiger partial charge in [0.05, 0.1) is 6.26 Å². The summed E-state index contributed by atoms with van der Waals surface area (Å²) < 4.78 is 24.5. The number of hydrogen-bond donors (Lipinski definition) is 0. The van der Waals surface area contributed by atoms with Crippen molar-refractivity contribution in [2.45, 2.75) is 25.4 Å². The van der Waals surface area contributed by atoms with Gasteiger partial charge in [0.25, 0.3) is 0 Å². The number of aromatic nitrogens is 1. The Morgan fingerprint density at radius 3 is 2.42 bits per heavy atom. The Bertz CT molecular complexity index is 496. The molecule has 0 atom stereocenters. The van der Waals surface area contributed by atoms with Crippen LogP contribution >= 0.6 is 0 Å². The van der Waals surface area contributed by atoms with Gasteiger partial charge < -0.3 is 0 Å². The molecule has 0 bridgehead atoms. The van der Waals surface area contributed by atoms with Gasteiger partial charge in [0, 0.05) is 45.1 Å². The van der Waals surface area contributed by atoms with E-state index >= 15 is 0 Å². The number of pyridine rings is 1. The molecule has 0 spiro atoms. The fraction of sp³-hybridized carbons (Fsp3) is 0.615. The molecule has 0 aliphatic carbocycles. The smallest absolute Gasteiger partial charge is 0.211 e. The quantitative estimate of drug-likeness (QED) is 0.825. The minimum absolute atomic E-state index is 0.142. The van der Waals surface area contributed by atoms with Crippen molar-refractivity contribution in [2.24, 2.45) is 0 Å². The van der Waals surface area contributed by atoms with Crippen LogP contribution in [0.1, 0.15) is 18.4 Å². The van der Waals surface area contributed by atoms with Gasteiger partial charge in [-0.3, -0.25) is 9.88 Å². The molecule has 5 nitrogen and oxygen atoms in total. The van der Waals surface area contributed by atoms with E-state index in [9.17, 15) is 8.42 Å². The van der Waals surface area contributed by atoms with Gasteiger partial charge in [0.15, 0.2) is 0 Å². The summed E-state index contributed by atoms with van der Waals surface area (Å²) in [6.07, 6.45) is 6.68. The van der Waals surface area contributed by atoms with E-state index in [1.807, 2.05) is 12.1 Å². The Hall–Kier alpha value is -0.980. The maximum Gasteiger partial charge on any atom is 0.211 e. The molecule has 19 heavy (non-hydrogen) atoms. The van der Waals surface area contributed by atoms with E-state index in [1.165, 1.54) is 16.1 Å². The first-order valence-corrected chi connectivity index (χ1v) is 8.36. The van der Waals surface area contributed by atoms with Crippen molar-refractivity contribution in [3.8, 4) is 0 Å². The predicted octanol–water partition coefficient (Wildman–Crippen LogP) is 0.937. The van der Waals surface area contributed by atoms with Crippen LogP contribution in [0.15, 0.2) is 24.5 Å². The molecule has 0 saturated carbocycles. The number of piperidine rings is 1. The average Bonchev–Trinajstić information content (AvgIpc) is 2.39. The highest BCUT2D eigenvalue weighted by Gasteiger charge is 2.26. The summed E-state index contributed by atoms with van der Waals surface area (Å²) in [5.74, 6) is 0. The van der Waals surface area contributed by atoms with Crippen LogP contribution in [0, 0.1) is 0 Å². The zero-order valence-electron chi connectivity index (χ0n) is 11.5. The van der Waals surface area contributed by atoms with Gasteiger partial charge in [0.1, 0.15) is 0 Å². The molecule has 1 aliphatic rings. The third-order valence-electron chi connectivity index (χ3n) is 3.75. The minimum atomic E-state index is -3.07. The Morgan fingerprint density at radius 2 is 1.89 bits per heavy atom. The van der Waals surface area contributed by atoms with Gasteiger partial charge in [-0.15, -0.1) is 0 Å². The molecule has 1 aliphatic heterocycles. The lowest BCUT2D eigenvalue weighted by Gasteiger charge is -2.35. The summed E-state index contributed by atoms with van der Waals surface area (Å²) in [6, 6.07) is 4.19. The number of hydrogen-bond acceptors (Lipinski definition) is 4. The maximum absolute atomic E-state index is 11.5. The molecular formula is C13H21N3O2S. The summed E-state index contributed by atoms with van der Waals surface area (Å²) >= 11 is 0. The Morgan fingerprint density at radius 1 is 1.32 bits per heavy atom. The van der Waals surface area contributed by atoms with E-state index in [-0.39, 0.29) is 6.04 Å². The van der Waals surface area contributed by atoms with Crippen LogP contribution in [0.4, 0.5) is 0 Å². The number of nitrogens with zero attached hydrogens (tertiary/aromatic N) is 3. The topological polar surface area (TPSA) is 53.5 Å². The van der Waals surface area contributed by atoms with Gasteiger partial charge in [-0.25, -0.2) is 12.7 Å². The van der Waals surface area contributed by atoms with Crippen molar-refractivity contribution in [2.75, 3.05) is 26.4 Å². The molecular weight excluding hydrogens is 262 g/mol. The van der Waals surface area contributed by atoms with Crippen molar-refractivity contribution in [3.63, 3.8) is 0 Å². The molecule has 0 radical (unpaired) electrons. The van der Waals surface area contributed by atoms with E-state index in [2.05, 4.69) is 9.88 Å². The lowest BCUT2D eigenvalue weighted by atomic mass is 10.0. The summed E-state index contributed by atoms with van der Waals surface area (Å²) in [7, 11) is -1.39. The van der Waals surface area contributed by atoms with E-state index in [0.29, 0.717) is 0 Å². The van der Waals surface area contributed by atoms with Crippen molar-refractivity contribution in [3.05, 3.63) is 30.1 Å². The summed E-state index contributed by atoms with van der Waals surface area (Å²) in [4.78, 5) is 6.37. The second-order valence-corrected chi connectivity index (χ2v) is 7.18. The number of likely N-dealkylation sites (tertiary alicyclic amines) is 1. The van der Waals surface area contributed by atoms with Crippen LogP contribution < -0.4 is 0 Å². The van der Waals surface area contributed by atoms with Gasteiger partial charge >= 0.3 is 0 Å². The van der Waals surface area contributed by atoms with Crippen LogP contribution in [0.5, 0.6) is 0 Å². The third kappa shape index (κ3) is 3.99. The van der Waals surface area contributed by atoms with Gasteiger partial charge in [-0.1, -0.05) is 0 Å². The van der Waals surface area contributed by atoms with Gasteiger partial charge in [-0.05, 0) is 30.5 Å². The molecule has 0 aromatic carbocycles. The van der Waals surface area contributed by atoms with E-state index in [4.69, 9.17) is 0 Å². The van der Waals surface area contributed by atoms with Crippen molar-refractivity contribution in [1.29, 1.82) is 0 Å². The normalized spacial score (nSPS) is 18.9. The molecule has 1 aromatic rings. The van der Waals surface area contributed by atoms with E-state index in [1.54, 1.807) is 19.4 Å². The summed E-state index contributed by atoms with van der Waals surface area (Å²) in [5.41, 5.74) is 1.25. The first-order chi connectivity index (χ1) is 8.97. The largest absolute Gasteiger partial charge is 0.299 e. The molecule has 0 amide bonds. The second-order valence-electron chi connectivity index (χ2n) is 5.14. The predicted molar refractivity (Wildman–Crippen MR) is 75.1 cm³/mol. The third-order valence-corrected chi connectivity index (χ3v) is 5.09. The number of sulfonamides is 1. The molecule has 0 N–H and O–H groups in total. The van der Waals surface area contributed by atoms with Crippen molar-refractivity contribution in [1.82, 2.24) is 14.2 Å². The zero-order chi connectivity index (χ0) is 13.9. The van der Waals surface area contributed by atoms with Crippen molar-refractivity contribution >= 4 is 10.0 Å². The SMILES string of the molecule is CN(C1CCN(Cc2ccncc2)CC1)S(C)(=O)=O. The van der Waals surface area contributed by atoms with Crippen LogP contribution in [-0.4, -0.2) is 55.0 Å². The molecule has 1 fully saturated rings.